The average molecular weight is 209 g/mol. The minimum atomic E-state index is 0.0602. The molecule has 0 aliphatic carbocycles. The lowest BCUT2D eigenvalue weighted by molar-refractivity contribution is -0.135. The summed E-state index contributed by atoms with van der Waals surface area (Å²) in [4.78, 5) is 20.7. The molecule has 0 bridgehead atoms. The van der Waals surface area contributed by atoms with Crippen LogP contribution in [0.25, 0.3) is 0 Å². The summed E-state index contributed by atoms with van der Waals surface area (Å²) in [5.41, 5.74) is 0. The summed E-state index contributed by atoms with van der Waals surface area (Å²) in [5, 5.41) is 0. The van der Waals surface area contributed by atoms with Gasteiger partial charge in [-0.2, -0.15) is 0 Å². The van der Waals surface area contributed by atoms with Gasteiger partial charge in [-0.15, -0.1) is 0 Å². The first-order valence-electron chi connectivity index (χ1n) is 5.25. The molecule has 1 amide bonds. The van der Waals surface area contributed by atoms with Crippen LogP contribution < -0.4 is 0 Å². The number of nitrogens with one attached hydrogen (secondary N) is 1. The maximum atomic E-state index is 11.9. The van der Waals surface area contributed by atoms with E-state index < -0.39 is 0 Å². The lowest BCUT2D eigenvalue weighted by atomic mass is 9.97. The first kappa shape index (κ1) is 11.8. The third kappa shape index (κ3) is 3.08. The van der Waals surface area contributed by atoms with Gasteiger partial charge in [0.25, 0.3) is 0 Å². The van der Waals surface area contributed by atoms with Crippen LogP contribution in [0.2, 0.25) is 0 Å². The highest BCUT2D eigenvalue weighted by atomic mass is 16.2. The molecule has 1 N–H and O–H groups in total. The van der Waals surface area contributed by atoms with Crippen molar-refractivity contribution < 1.29 is 4.79 Å². The topological polar surface area (TPSA) is 49.0 Å². The SMILES string of the molecule is CC(C)C(C)C(=O)N(C)Cc1ncc[nH]1. The first-order valence-corrected chi connectivity index (χ1v) is 5.25. The first-order chi connectivity index (χ1) is 7.02. The molecule has 0 aliphatic rings. The van der Waals surface area contributed by atoms with Gasteiger partial charge in [-0.3, -0.25) is 4.79 Å². The minimum absolute atomic E-state index is 0.0602. The van der Waals surface area contributed by atoms with E-state index in [4.69, 9.17) is 0 Å². The summed E-state index contributed by atoms with van der Waals surface area (Å²) in [6.07, 6.45) is 3.46. The zero-order chi connectivity index (χ0) is 11.4. The lowest BCUT2D eigenvalue weighted by Gasteiger charge is -2.22. The van der Waals surface area contributed by atoms with E-state index in [0.29, 0.717) is 12.5 Å². The summed E-state index contributed by atoms with van der Waals surface area (Å²) in [6, 6.07) is 0. The number of carbonyl (C=O) groups excluding carboxylic acids is 1. The second-order valence-corrected chi connectivity index (χ2v) is 4.26. The molecule has 0 fully saturated rings. The van der Waals surface area contributed by atoms with Gasteiger partial charge in [0.1, 0.15) is 5.82 Å². The molecule has 0 aromatic carbocycles. The largest absolute Gasteiger partial charge is 0.347 e. The molecular weight excluding hydrogens is 190 g/mol. The number of hydrogen-bond acceptors (Lipinski definition) is 2. The quantitative estimate of drug-likeness (QED) is 0.819. The van der Waals surface area contributed by atoms with Gasteiger partial charge in [0.15, 0.2) is 0 Å². The number of amides is 1. The van der Waals surface area contributed by atoms with E-state index in [1.807, 2.05) is 14.0 Å². The van der Waals surface area contributed by atoms with Crippen LogP contribution in [0.1, 0.15) is 26.6 Å². The van der Waals surface area contributed by atoms with Crippen LogP contribution in [0.5, 0.6) is 0 Å². The van der Waals surface area contributed by atoms with Crippen LogP contribution in [0.4, 0.5) is 0 Å². The summed E-state index contributed by atoms with van der Waals surface area (Å²) in [6.45, 7) is 6.63. The molecule has 15 heavy (non-hydrogen) atoms. The van der Waals surface area contributed by atoms with E-state index in [1.165, 1.54) is 0 Å². The highest BCUT2D eigenvalue weighted by Gasteiger charge is 2.20. The van der Waals surface area contributed by atoms with E-state index >= 15 is 0 Å². The van der Waals surface area contributed by atoms with Crippen molar-refractivity contribution in [1.82, 2.24) is 14.9 Å². The number of H-pyrrole nitrogens is 1. The average Bonchev–Trinajstić information content (AvgIpc) is 2.67. The highest BCUT2D eigenvalue weighted by molar-refractivity contribution is 5.78. The summed E-state index contributed by atoms with van der Waals surface area (Å²) in [7, 11) is 1.81. The molecule has 1 atom stereocenters. The highest BCUT2D eigenvalue weighted by Crippen LogP contribution is 2.13. The fraction of sp³-hybridized carbons (Fsp3) is 0.636. The lowest BCUT2D eigenvalue weighted by Crippen LogP contribution is -2.33. The molecule has 0 aliphatic heterocycles. The van der Waals surface area contributed by atoms with Crippen molar-refractivity contribution in [2.75, 3.05) is 7.05 Å². The molecule has 1 unspecified atom stereocenters. The zero-order valence-corrected chi connectivity index (χ0v) is 9.82. The van der Waals surface area contributed by atoms with E-state index in [9.17, 15) is 4.79 Å². The molecule has 1 aromatic rings. The summed E-state index contributed by atoms with van der Waals surface area (Å²) >= 11 is 0. The van der Waals surface area contributed by atoms with Gasteiger partial charge in [-0.25, -0.2) is 4.98 Å². The number of rotatable bonds is 4. The number of aromatic nitrogens is 2. The normalized spacial score (nSPS) is 12.9. The van der Waals surface area contributed by atoms with Crippen molar-refractivity contribution in [3.63, 3.8) is 0 Å². The van der Waals surface area contributed by atoms with Gasteiger partial charge in [0, 0.05) is 25.4 Å². The Hall–Kier alpha value is -1.32. The van der Waals surface area contributed by atoms with Crippen molar-refractivity contribution in [2.45, 2.75) is 27.3 Å². The molecule has 0 spiro atoms. The molecule has 1 heterocycles. The second-order valence-electron chi connectivity index (χ2n) is 4.26. The standard InChI is InChI=1S/C11H19N3O/c1-8(2)9(3)11(15)14(4)7-10-12-5-6-13-10/h5-6,8-9H,7H2,1-4H3,(H,12,13). The molecule has 4 nitrogen and oxygen atoms in total. The Morgan fingerprint density at radius 2 is 2.20 bits per heavy atom. The van der Waals surface area contributed by atoms with Gasteiger partial charge in [-0.1, -0.05) is 20.8 Å². The van der Waals surface area contributed by atoms with Gasteiger partial charge < -0.3 is 9.88 Å². The molecule has 1 aromatic heterocycles. The summed E-state index contributed by atoms with van der Waals surface area (Å²) in [5.74, 6) is 1.42. The smallest absolute Gasteiger partial charge is 0.225 e. The molecule has 1 rings (SSSR count). The Labute approximate surface area is 90.7 Å². The number of hydrogen-bond donors (Lipinski definition) is 1. The zero-order valence-electron chi connectivity index (χ0n) is 9.82. The van der Waals surface area contributed by atoms with Crippen LogP contribution in [0, 0.1) is 11.8 Å². The van der Waals surface area contributed by atoms with E-state index in [0.717, 1.165) is 5.82 Å². The Morgan fingerprint density at radius 3 is 2.67 bits per heavy atom. The third-order valence-corrected chi connectivity index (χ3v) is 2.71. The van der Waals surface area contributed by atoms with Crippen LogP contribution >= 0.6 is 0 Å². The number of nitrogens with zero attached hydrogens (tertiary/aromatic N) is 2. The maximum Gasteiger partial charge on any atom is 0.225 e. The van der Waals surface area contributed by atoms with Crippen molar-refractivity contribution >= 4 is 5.91 Å². The molecule has 0 saturated carbocycles. The van der Waals surface area contributed by atoms with Gasteiger partial charge in [0.05, 0.1) is 6.54 Å². The third-order valence-electron chi connectivity index (χ3n) is 2.71. The molecule has 0 saturated heterocycles. The summed E-state index contributed by atoms with van der Waals surface area (Å²) < 4.78 is 0. The minimum Gasteiger partial charge on any atom is -0.347 e. The fourth-order valence-corrected chi connectivity index (χ4v) is 1.32. The maximum absolute atomic E-state index is 11.9. The van der Waals surface area contributed by atoms with Crippen molar-refractivity contribution in [3.05, 3.63) is 18.2 Å². The second kappa shape index (κ2) is 4.96. The predicted octanol–water partition coefficient (Wildman–Crippen LogP) is 1.66. The number of carbonyl (C=O) groups is 1. The molecule has 4 heteroatoms. The van der Waals surface area contributed by atoms with Crippen molar-refractivity contribution in [1.29, 1.82) is 0 Å². The molecule has 84 valence electrons. The van der Waals surface area contributed by atoms with Crippen molar-refractivity contribution in [3.8, 4) is 0 Å². The van der Waals surface area contributed by atoms with Crippen LogP contribution in [0.15, 0.2) is 12.4 Å². The van der Waals surface area contributed by atoms with Crippen LogP contribution in [-0.2, 0) is 11.3 Å². The number of aromatic amines is 1. The molecule has 0 radical (unpaired) electrons. The van der Waals surface area contributed by atoms with Crippen LogP contribution in [0.3, 0.4) is 0 Å². The van der Waals surface area contributed by atoms with E-state index in [1.54, 1.807) is 17.3 Å². The van der Waals surface area contributed by atoms with E-state index in [2.05, 4.69) is 23.8 Å². The van der Waals surface area contributed by atoms with Gasteiger partial charge in [-0.05, 0) is 5.92 Å². The van der Waals surface area contributed by atoms with E-state index in [-0.39, 0.29) is 11.8 Å². The Bertz CT molecular complexity index is 306. The predicted molar refractivity (Wildman–Crippen MR) is 59.1 cm³/mol. The monoisotopic (exact) mass is 209 g/mol. The Morgan fingerprint density at radius 1 is 1.53 bits per heavy atom. The van der Waals surface area contributed by atoms with Gasteiger partial charge in [0.2, 0.25) is 5.91 Å². The Balaban J connectivity index is 2.54. The van der Waals surface area contributed by atoms with Crippen LogP contribution in [-0.4, -0.2) is 27.8 Å². The number of imidazole rings is 1. The molecular formula is C11H19N3O. The fourth-order valence-electron chi connectivity index (χ4n) is 1.32. The Kier molecular flexibility index (Phi) is 3.88. The van der Waals surface area contributed by atoms with Crippen molar-refractivity contribution in [2.24, 2.45) is 11.8 Å². The van der Waals surface area contributed by atoms with Gasteiger partial charge >= 0.3 is 0 Å².